The van der Waals surface area contributed by atoms with E-state index in [1.165, 1.54) is 33.4 Å². The average Bonchev–Trinajstić information content (AvgIpc) is 3.59. The minimum absolute atomic E-state index is 0.0189. The first-order valence-corrected chi connectivity index (χ1v) is 14.7. The molecule has 2 aliphatic carbocycles. The van der Waals surface area contributed by atoms with Crippen LogP contribution in [-0.2, 0) is 25.7 Å². The van der Waals surface area contributed by atoms with Gasteiger partial charge in [0.05, 0.1) is 12.1 Å². The van der Waals surface area contributed by atoms with Crippen molar-refractivity contribution in [2.45, 2.75) is 110 Å². The third-order valence-electron chi connectivity index (χ3n) is 9.79. The first-order valence-electron chi connectivity index (χ1n) is 14.7. The largest absolute Gasteiger partial charge is 0.475 e. The smallest absolute Gasteiger partial charge is 0.216 e. The van der Waals surface area contributed by atoms with Gasteiger partial charge < -0.3 is 9.47 Å². The maximum atomic E-state index is 6.40. The molecule has 4 nitrogen and oxygen atoms in total. The van der Waals surface area contributed by atoms with Crippen molar-refractivity contribution in [3.63, 3.8) is 0 Å². The minimum atomic E-state index is -0.164. The van der Waals surface area contributed by atoms with E-state index in [1.54, 1.807) is 0 Å². The molecule has 0 aromatic heterocycles. The molecule has 2 aromatic carbocycles. The number of rotatable bonds is 2. The summed E-state index contributed by atoms with van der Waals surface area (Å²) >= 11 is 0. The predicted octanol–water partition coefficient (Wildman–Crippen LogP) is 7.72. The van der Waals surface area contributed by atoms with Crippen LogP contribution in [0.25, 0.3) is 0 Å². The molecule has 2 atom stereocenters. The molecular weight excluding hydrogens is 480 g/mol. The summed E-state index contributed by atoms with van der Waals surface area (Å²) in [6, 6.07) is 13.9. The van der Waals surface area contributed by atoms with Gasteiger partial charge in [-0.3, -0.25) is 0 Å². The predicted molar refractivity (Wildman–Crippen MR) is 160 cm³/mol. The van der Waals surface area contributed by atoms with E-state index in [9.17, 15) is 0 Å². The molecule has 2 aromatic rings. The van der Waals surface area contributed by atoms with Gasteiger partial charge in [0.15, 0.2) is 0 Å². The van der Waals surface area contributed by atoms with Crippen LogP contribution in [0.15, 0.2) is 46.4 Å². The van der Waals surface area contributed by atoms with Gasteiger partial charge in [-0.2, -0.15) is 0 Å². The maximum Gasteiger partial charge on any atom is 0.216 e. The number of aliphatic imine (C=N–C) groups is 2. The number of nitrogens with zero attached hydrogens (tertiary/aromatic N) is 2. The van der Waals surface area contributed by atoms with E-state index in [0.29, 0.717) is 13.2 Å². The van der Waals surface area contributed by atoms with Crippen LogP contribution in [0.5, 0.6) is 0 Å². The van der Waals surface area contributed by atoms with Gasteiger partial charge in [-0.05, 0) is 68.9 Å². The molecule has 0 saturated heterocycles. The number of hydrogen-bond acceptors (Lipinski definition) is 4. The zero-order valence-electron chi connectivity index (χ0n) is 25.7. The zero-order valence-corrected chi connectivity index (χ0v) is 25.7. The second-order valence-corrected chi connectivity index (χ2v) is 15.9. The van der Waals surface area contributed by atoms with Gasteiger partial charge in [-0.1, -0.05) is 93.5 Å². The molecule has 1 spiro atoms. The molecule has 0 saturated carbocycles. The quantitative estimate of drug-likeness (QED) is 0.402. The number of fused-ring (bicyclic) bond motifs is 4. The van der Waals surface area contributed by atoms with Crippen molar-refractivity contribution in [3.05, 3.63) is 69.8 Å². The van der Waals surface area contributed by atoms with Crippen LogP contribution in [0, 0.1) is 10.8 Å². The highest BCUT2D eigenvalue weighted by Crippen LogP contribution is 2.64. The van der Waals surface area contributed by atoms with Crippen molar-refractivity contribution < 1.29 is 9.47 Å². The summed E-state index contributed by atoms with van der Waals surface area (Å²) in [6.07, 6.45) is 2.09. The van der Waals surface area contributed by atoms with Crippen LogP contribution in [0.3, 0.4) is 0 Å². The lowest BCUT2D eigenvalue weighted by molar-refractivity contribution is 0.235. The molecule has 2 aliphatic heterocycles. The van der Waals surface area contributed by atoms with Crippen molar-refractivity contribution in [1.82, 2.24) is 0 Å². The van der Waals surface area contributed by atoms with Gasteiger partial charge >= 0.3 is 0 Å². The lowest BCUT2D eigenvalue weighted by Gasteiger charge is -2.32. The molecule has 0 fully saturated rings. The summed E-state index contributed by atoms with van der Waals surface area (Å²) in [4.78, 5) is 10.4. The van der Waals surface area contributed by atoms with Crippen LogP contribution < -0.4 is 0 Å². The molecule has 4 aliphatic rings. The number of ether oxygens (including phenoxy) is 2. The highest BCUT2D eigenvalue weighted by molar-refractivity contribution is 6.01. The summed E-state index contributed by atoms with van der Waals surface area (Å²) in [7, 11) is 0. The van der Waals surface area contributed by atoms with E-state index in [4.69, 9.17) is 19.5 Å². The van der Waals surface area contributed by atoms with E-state index in [2.05, 4.69) is 106 Å². The highest BCUT2D eigenvalue weighted by Gasteiger charge is 2.59. The fourth-order valence-corrected chi connectivity index (χ4v) is 7.79. The van der Waals surface area contributed by atoms with E-state index in [-0.39, 0.29) is 39.2 Å². The lowest BCUT2D eigenvalue weighted by Crippen LogP contribution is -2.30. The van der Waals surface area contributed by atoms with Crippen molar-refractivity contribution in [2.24, 2.45) is 20.8 Å². The molecule has 0 radical (unpaired) electrons. The fraction of sp³-hybridized carbons (Fsp3) is 0.600. The van der Waals surface area contributed by atoms with Crippen molar-refractivity contribution in [3.8, 4) is 0 Å². The Bertz CT molecular complexity index is 1290. The van der Waals surface area contributed by atoms with Gasteiger partial charge in [0.25, 0.3) is 0 Å². The van der Waals surface area contributed by atoms with Crippen LogP contribution >= 0.6 is 0 Å². The Morgan fingerprint density at radius 2 is 1.03 bits per heavy atom. The summed E-state index contributed by atoms with van der Waals surface area (Å²) in [5.74, 6) is 1.63. The highest BCUT2D eigenvalue weighted by atomic mass is 16.5. The molecule has 0 unspecified atom stereocenters. The Kier molecular flexibility index (Phi) is 5.60. The van der Waals surface area contributed by atoms with E-state index in [0.717, 1.165) is 24.6 Å². The Hall–Kier alpha value is -2.62. The molecule has 6 rings (SSSR count). The Morgan fingerprint density at radius 3 is 1.36 bits per heavy atom. The molecule has 4 heteroatoms. The van der Waals surface area contributed by atoms with Crippen LogP contribution in [0.2, 0.25) is 0 Å². The van der Waals surface area contributed by atoms with E-state index < -0.39 is 0 Å². The number of benzene rings is 2. The van der Waals surface area contributed by atoms with E-state index in [1.807, 2.05) is 0 Å². The van der Waals surface area contributed by atoms with Crippen LogP contribution in [-0.4, -0.2) is 37.1 Å². The average molecular weight is 527 g/mol. The molecule has 0 bridgehead atoms. The second kappa shape index (κ2) is 8.21. The Balaban J connectivity index is 1.60. The van der Waals surface area contributed by atoms with Gasteiger partial charge in [-0.15, -0.1) is 0 Å². The summed E-state index contributed by atoms with van der Waals surface area (Å²) in [5, 5.41) is 0. The van der Waals surface area contributed by atoms with E-state index >= 15 is 0 Å². The molecular formula is C35H46N2O2. The normalized spacial score (nSPS) is 26.1. The number of hydrogen-bond donors (Lipinski definition) is 0. The first-order chi connectivity index (χ1) is 18.0. The van der Waals surface area contributed by atoms with Crippen LogP contribution in [0.4, 0.5) is 0 Å². The lowest BCUT2D eigenvalue weighted by atomic mass is 9.70. The zero-order chi connectivity index (χ0) is 28.2. The van der Waals surface area contributed by atoms with Crippen molar-refractivity contribution in [2.75, 3.05) is 13.2 Å². The molecule has 39 heavy (non-hydrogen) atoms. The molecule has 2 heterocycles. The first kappa shape index (κ1) is 26.6. The van der Waals surface area contributed by atoms with Crippen molar-refractivity contribution in [1.29, 1.82) is 0 Å². The van der Waals surface area contributed by atoms with Gasteiger partial charge in [0, 0.05) is 16.5 Å². The Morgan fingerprint density at radius 1 is 0.641 bits per heavy atom. The van der Waals surface area contributed by atoms with Crippen LogP contribution in [0.1, 0.15) is 115 Å². The van der Waals surface area contributed by atoms with Gasteiger partial charge in [0.1, 0.15) is 13.2 Å². The Labute approximate surface area is 235 Å². The summed E-state index contributed by atoms with van der Waals surface area (Å²) in [5.41, 5.74) is 8.01. The topological polar surface area (TPSA) is 43.2 Å². The summed E-state index contributed by atoms with van der Waals surface area (Å²) in [6.45, 7) is 24.4. The molecule has 0 amide bonds. The monoisotopic (exact) mass is 526 g/mol. The third kappa shape index (κ3) is 3.99. The standard InChI is InChI=1S/C35H46N2O2/c1-31(2,3)25-17-38-29(36-25)21-13-11-15-23-27(21)35(19-33(23,7)8)20-34(9,10)24-16-12-14-22(28(24)35)30-37-26(18-39-30)32(4,5)6/h11-16,25-26H,17-20H2,1-10H3/t25-,26-,35?/m1/s1. The van der Waals surface area contributed by atoms with Gasteiger partial charge in [0.2, 0.25) is 11.8 Å². The molecule has 208 valence electrons. The molecule has 0 N–H and O–H groups in total. The van der Waals surface area contributed by atoms with Crippen molar-refractivity contribution >= 4 is 11.8 Å². The minimum Gasteiger partial charge on any atom is -0.475 e. The second-order valence-electron chi connectivity index (χ2n) is 15.9. The SMILES string of the molecule is CC1(C)CC2(CC(C)(C)c3cccc(C4=N[C@@H](C(C)(C)C)CO4)c32)c2c(C3=N[C@@H](C(C)(C)C)CO3)cccc21. The summed E-state index contributed by atoms with van der Waals surface area (Å²) < 4.78 is 12.8. The third-order valence-corrected chi connectivity index (χ3v) is 9.79. The maximum absolute atomic E-state index is 6.40. The fourth-order valence-electron chi connectivity index (χ4n) is 7.79. The van der Waals surface area contributed by atoms with Gasteiger partial charge in [-0.25, -0.2) is 9.98 Å².